The van der Waals surface area contributed by atoms with E-state index in [0.29, 0.717) is 16.5 Å². The molecule has 0 fully saturated rings. The van der Waals surface area contributed by atoms with Gasteiger partial charge in [-0.2, -0.15) is 9.78 Å². The number of thiophene rings is 1. The monoisotopic (exact) mass is 371 g/mol. The molecule has 2 aromatic heterocycles. The Morgan fingerprint density at radius 2 is 2.12 bits per heavy atom. The van der Waals surface area contributed by atoms with Gasteiger partial charge >= 0.3 is 0 Å². The lowest BCUT2D eigenvalue weighted by Gasteiger charge is -1.99. The van der Waals surface area contributed by atoms with Crippen LogP contribution in [0.3, 0.4) is 0 Å². The second kappa shape index (κ2) is 7.86. The van der Waals surface area contributed by atoms with Crippen LogP contribution in [-0.4, -0.2) is 32.3 Å². The number of aromatic nitrogens is 3. The number of nitrogens with zero attached hydrogens (tertiary/aromatic N) is 5. The minimum Gasteiger partial charge on any atom is -0.258 e. The van der Waals surface area contributed by atoms with Crippen molar-refractivity contribution < 1.29 is 4.92 Å². The van der Waals surface area contributed by atoms with Crippen LogP contribution >= 0.6 is 23.1 Å². The molecule has 126 valence electrons. The molecule has 0 aliphatic rings. The summed E-state index contributed by atoms with van der Waals surface area (Å²) in [5.41, 5.74) is 0.576. The van der Waals surface area contributed by atoms with Gasteiger partial charge < -0.3 is 0 Å². The quantitative estimate of drug-likeness (QED) is 0.281. The predicted molar refractivity (Wildman–Crippen MR) is 101 cm³/mol. The summed E-state index contributed by atoms with van der Waals surface area (Å²) in [5, 5.41) is 26.3. The summed E-state index contributed by atoms with van der Waals surface area (Å²) in [5.74, 6) is 0.662. The predicted octanol–water partition coefficient (Wildman–Crippen LogP) is 4.18. The van der Waals surface area contributed by atoms with E-state index >= 15 is 0 Å². The number of rotatable bonds is 6. The Morgan fingerprint density at radius 3 is 2.84 bits per heavy atom. The molecule has 0 saturated carbocycles. The number of hydrogen-bond donors (Lipinski definition) is 0. The third-order valence-corrected chi connectivity index (χ3v) is 4.70. The number of benzene rings is 1. The molecule has 0 saturated heterocycles. The molecule has 3 aromatic rings. The van der Waals surface area contributed by atoms with Crippen LogP contribution < -0.4 is 0 Å². The Labute approximate surface area is 151 Å². The van der Waals surface area contributed by atoms with E-state index < -0.39 is 4.92 Å². The molecule has 0 spiro atoms. The van der Waals surface area contributed by atoms with Crippen LogP contribution in [0.25, 0.3) is 16.8 Å². The fraction of sp³-hybridized carbons (Fsp3) is 0.0625. The molecule has 1 aromatic carbocycles. The molecule has 0 radical (unpaired) electrons. The zero-order chi connectivity index (χ0) is 17.6. The Kier molecular flexibility index (Phi) is 5.36. The first-order chi connectivity index (χ1) is 12.2. The van der Waals surface area contributed by atoms with Crippen molar-refractivity contribution in [1.82, 2.24) is 14.9 Å². The number of para-hydroxylation sites is 1. The molecule has 0 amide bonds. The molecule has 0 N–H and O–H groups in total. The summed E-state index contributed by atoms with van der Waals surface area (Å²) in [6.45, 7) is 0. The molecule has 7 nitrogen and oxygen atoms in total. The maximum Gasteiger partial charge on any atom is 0.276 e. The first-order valence-electron chi connectivity index (χ1n) is 7.18. The highest BCUT2D eigenvalue weighted by atomic mass is 32.2. The fourth-order valence-electron chi connectivity index (χ4n) is 2.10. The molecule has 0 atom stereocenters. The Balaban J connectivity index is 1.86. The molecule has 0 bridgehead atoms. The van der Waals surface area contributed by atoms with Gasteiger partial charge in [-0.25, -0.2) is 0 Å². The van der Waals surface area contributed by atoms with Gasteiger partial charge in [-0.3, -0.25) is 10.1 Å². The zero-order valence-corrected chi connectivity index (χ0v) is 14.8. The number of thioether (sulfide) groups is 1. The molecule has 25 heavy (non-hydrogen) atoms. The van der Waals surface area contributed by atoms with Crippen molar-refractivity contribution in [2.24, 2.45) is 5.10 Å². The van der Waals surface area contributed by atoms with Gasteiger partial charge in [0.05, 0.1) is 15.4 Å². The second-order valence-electron chi connectivity index (χ2n) is 4.74. The standard InChI is InChI=1S/C16H13N5O2S2/c1-24-16-19-18-15(14-9-5-11-25-14)20(16)17-10-4-7-12-6-2-3-8-13(12)21(22)23/h2-11H,1H3/b7-4+,17-10+. The summed E-state index contributed by atoms with van der Waals surface area (Å²) in [7, 11) is 0. The van der Waals surface area contributed by atoms with Crippen molar-refractivity contribution in [3.05, 3.63) is 63.5 Å². The average molecular weight is 371 g/mol. The summed E-state index contributed by atoms with van der Waals surface area (Å²) in [6.07, 6.45) is 6.77. The van der Waals surface area contributed by atoms with Gasteiger partial charge in [-0.05, 0) is 35.9 Å². The van der Waals surface area contributed by atoms with Gasteiger partial charge in [0, 0.05) is 12.3 Å². The molecular formula is C16H13N5O2S2. The molecule has 0 aliphatic heterocycles. The summed E-state index contributed by atoms with van der Waals surface area (Å²) in [6, 6.07) is 10.4. The second-order valence-corrected chi connectivity index (χ2v) is 6.46. The van der Waals surface area contributed by atoms with E-state index in [2.05, 4.69) is 15.3 Å². The van der Waals surface area contributed by atoms with E-state index in [-0.39, 0.29) is 5.69 Å². The van der Waals surface area contributed by atoms with Crippen LogP contribution in [0, 0.1) is 10.1 Å². The minimum absolute atomic E-state index is 0.0560. The van der Waals surface area contributed by atoms with Gasteiger partial charge in [-0.15, -0.1) is 21.5 Å². The van der Waals surface area contributed by atoms with E-state index in [1.807, 2.05) is 23.8 Å². The first-order valence-corrected chi connectivity index (χ1v) is 9.29. The number of hydrogen-bond acceptors (Lipinski definition) is 7. The minimum atomic E-state index is -0.405. The van der Waals surface area contributed by atoms with E-state index in [0.717, 1.165) is 4.88 Å². The van der Waals surface area contributed by atoms with Crippen molar-refractivity contribution in [3.63, 3.8) is 0 Å². The van der Waals surface area contributed by atoms with Gasteiger partial charge in [-0.1, -0.05) is 30.0 Å². The van der Waals surface area contributed by atoms with Crippen LogP contribution in [0.5, 0.6) is 0 Å². The number of allylic oxidation sites excluding steroid dienone is 1. The average Bonchev–Trinajstić information content (AvgIpc) is 3.28. The molecule has 9 heteroatoms. The molecular weight excluding hydrogens is 358 g/mol. The Morgan fingerprint density at radius 1 is 1.28 bits per heavy atom. The normalized spacial score (nSPS) is 11.6. The van der Waals surface area contributed by atoms with E-state index in [1.54, 1.807) is 52.6 Å². The van der Waals surface area contributed by atoms with Crippen LogP contribution in [0.4, 0.5) is 5.69 Å². The highest BCUT2D eigenvalue weighted by molar-refractivity contribution is 7.98. The SMILES string of the molecule is CSc1nnc(-c2cccs2)n1/N=C/C=C/c1ccccc1[N+](=O)[O-]. The van der Waals surface area contributed by atoms with Crippen molar-refractivity contribution in [2.75, 3.05) is 6.26 Å². The molecule has 0 unspecified atom stereocenters. The van der Waals surface area contributed by atoms with Crippen molar-refractivity contribution in [2.45, 2.75) is 5.16 Å². The van der Waals surface area contributed by atoms with Gasteiger partial charge in [0.15, 0.2) is 5.82 Å². The van der Waals surface area contributed by atoms with E-state index in [9.17, 15) is 10.1 Å². The zero-order valence-electron chi connectivity index (χ0n) is 13.1. The maximum absolute atomic E-state index is 11.0. The summed E-state index contributed by atoms with van der Waals surface area (Å²) in [4.78, 5) is 11.6. The van der Waals surface area contributed by atoms with Gasteiger partial charge in [0.2, 0.25) is 5.16 Å². The molecule has 0 aliphatic carbocycles. The van der Waals surface area contributed by atoms with E-state index in [1.165, 1.54) is 17.8 Å². The fourth-order valence-corrected chi connectivity index (χ4v) is 3.23. The molecule has 2 heterocycles. The van der Waals surface area contributed by atoms with Crippen molar-refractivity contribution in [1.29, 1.82) is 0 Å². The lowest BCUT2D eigenvalue weighted by atomic mass is 10.2. The largest absolute Gasteiger partial charge is 0.276 e. The highest BCUT2D eigenvalue weighted by Crippen LogP contribution is 2.26. The third kappa shape index (κ3) is 3.83. The lowest BCUT2D eigenvalue weighted by Crippen LogP contribution is -1.94. The van der Waals surface area contributed by atoms with Crippen molar-refractivity contribution in [3.8, 4) is 10.7 Å². The van der Waals surface area contributed by atoms with Crippen LogP contribution in [0.1, 0.15) is 5.56 Å². The third-order valence-electron chi connectivity index (χ3n) is 3.21. The van der Waals surface area contributed by atoms with Gasteiger partial charge in [0.1, 0.15) is 0 Å². The Bertz CT molecular complexity index is 932. The Hall–Kier alpha value is -2.78. The summed E-state index contributed by atoms with van der Waals surface area (Å²) >= 11 is 3.00. The summed E-state index contributed by atoms with van der Waals surface area (Å²) < 4.78 is 1.65. The highest BCUT2D eigenvalue weighted by Gasteiger charge is 2.13. The number of nitro groups is 1. The van der Waals surface area contributed by atoms with Gasteiger partial charge in [0.25, 0.3) is 5.69 Å². The number of nitro benzene ring substituents is 1. The molecule has 3 rings (SSSR count). The lowest BCUT2D eigenvalue weighted by molar-refractivity contribution is -0.385. The van der Waals surface area contributed by atoms with E-state index in [4.69, 9.17) is 0 Å². The van der Waals surface area contributed by atoms with Crippen LogP contribution in [0.2, 0.25) is 0 Å². The topological polar surface area (TPSA) is 86.2 Å². The first kappa shape index (κ1) is 17.1. The maximum atomic E-state index is 11.0. The smallest absolute Gasteiger partial charge is 0.258 e. The van der Waals surface area contributed by atoms with Crippen LogP contribution in [-0.2, 0) is 0 Å². The van der Waals surface area contributed by atoms with Crippen LogP contribution in [0.15, 0.2) is 58.1 Å². The van der Waals surface area contributed by atoms with Crippen molar-refractivity contribution >= 4 is 41.1 Å².